The van der Waals surface area contributed by atoms with Crippen molar-refractivity contribution in [1.82, 2.24) is 4.90 Å². The zero-order valence-electron chi connectivity index (χ0n) is 19.0. The van der Waals surface area contributed by atoms with E-state index in [1.807, 2.05) is 35.2 Å². The highest BCUT2D eigenvalue weighted by Crippen LogP contribution is 2.30. The zero-order chi connectivity index (χ0) is 22.9. The van der Waals surface area contributed by atoms with Crippen molar-refractivity contribution in [3.8, 4) is 0 Å². The Bertz CT molecular complexity index is 758. The molecule has 2 atom stereocenters. The van der Waals surface area contributed by atoms with Gasteiger partial charge in [-0.15, -0.1) is 0 Å². The number of carboxylic acid groups (broad SMARTS) is 1. The van der Waals surface area contributed by atoms with Crippen LogP contribution in [0.1, 0.15) is 63.5 Å². The molecule has 0 spiro atoms. The van der Waals surface area contributed by atoms with Crippen LogP contribution in [-0.2, 0) is 27.4 Å². The number of aliphatic hydroxyl groups is 1. The van der Waals surface area contributed by atoms with Crippen molar-refractivity contribution in [2.24, 2.45) is 5.41 Å². The number of hydrogen-bond acceptors (Lipinski definition) is 4. The van der Waals surface area contributed by atoms with Gasteiger partial charge < -0.3 is 19.8 Å². The lowest BCUT2D eigenvalue weighted by Crippen LogP contribution is -2.35. The monoisotopic (exact) mass is 431 g/mol. The number of aliphatic carboxylic acids is 1. The molecule has 0 bridgehead atoms. The summed E-state index contributed by atoms with van der Waals surface area (Å²) in [6.07, 6.45) is 7.47. The highest BCUT2D eigenvalue weighted by atomic mass is 16.5. The van der Waals surface area contributed by atoms with E-state index in [0.29, 0.717) is 32.4 Å². The van der Waals surface area contributed by atoms with Crippen LogP contribution in [-0.4, -0.2) is 52.8 Å². The molecule has 1 aliphatic heterocycles. The Kier molecular flexibility index (Phi) is 9.72. The van der Waals surface area contributed by atoms with Crippen LogP contribution in [0.25, 0.3) is 0 Å². The maximum absolute atomic E-state index is 12.4. The number of carbonyl (C=O) groups is 2. The maximum Gasteiger partial charge on any atom is 0.303 e. The second-order valence-corrected chi connectivity index (χ2v) is 9.26. The number of aliphatic hydroxyl groups excluding tert-OH is 1. The average Bonchev–Trinajstić information content (AvgIpc) is 3.04. The van der Waals surface area contributed by atoms with Crippen molar-refractivity contribution in [3.05, 3.63) is 47.5 Å². The average molecular weight is 432 g/mol. The van der Waals surface area contributed by atoms with Gasteiger partial charge in [0.05, 0.1) is 18.8 Å². The van der Waals surface area contributed by atoms with E-state index in [1.54, 1.807) is 13.2 Å². The number of rotatable bonds is 13. The van der Waals surface area contributed by atoms with E-state index in [9.17, 15) is 14.7 Å². The molecule has 0 unspecified atom stereocenters. The lowest BCUT2D eigenvalue weighted by Gasteiger charge is -2.30. The largest absolute Gasteiger partial charge is 0.481 e. The minimum atomic E-state index is -0.764. The molecule has 31 heavy (non-hydrogen) atoms. The van der Waals surface area contributed by atoms with E-state index in [4.69, 9.17) is 9.84 Å². The second-order valence-electron chi connectivity index (χ2n) is 9.26. The summed E-state index contributed by atoms with van der Waals surface area (Å²) in [5.41, 5.74) is 2.11. The van der Waals surface area contributed by atoms with Crippen LogP contribution in [0.5, 0.6) is 0 Å². The summed E-state index contributed by atoms with van der Waals surface area (Å²) in [5.74, 6) is -0.613. The molecule has 2 rings (SSSR count). The van der Waals surface area contributed by atoms with Gasteiger partial charge in [0, 0.05) is 32.9 Å². The highest BCUT2D eigenvalue weighted by Gasteiger charge is 2.30. The number of hydrogen-bond donors (Lipinski definition) is 2. The van der Waals surface area contributed by atoms with Gasteiger partial charge in [-0.2, -0.15) is 0 Å². The first-order valence-electron chi connectivity index (χ1n) is 11.1. The molecule has 1 aliphatic rings. The van der Waals surface area contributed by atoms with Crippen molar-refractivity contribution >= 4 is 11.9 Å². The van der Waals surface area contributed by atoms with Gasteiger partial charge in [0.15, 0.2) is 0 Å². The number of nitrogens with zero attached hydrogens (tertiary/aromatic N) is 1. The third-order valence-electron chi connectivity index (χ3n) is 5.95. The van der Waals surface area contributed by atoms with Gasteiger partial charge in [0.1, 0.15) is 0 Å². The number of ether oxygens (including phenoxy) is 1. The Labute approximate surface area is 185 Å². The Morgan fingerprint density at radius 3 is 2.77 bits per heavy atom. The Balaban J connectivity index is 1.88. The number of benzene rings is 1. The Morgan fingerprint density at radius 1 is 1.32 bits per heavy atom. The second kappa shape index (κ2) is 12.0. The summed E-state index contributed by atoms with van der Waals surface area (Å²) in [7, 11) is 1.66. The lowest BCUT2D eigenvalue weighted by molar-refractivity contribution is -0.137. The van der Waals surface area contributed by atoms with Gasteiger partial charge in [-0.1, -0.05) is 50.3 Å². The van der Waals surface area contributed by atoms with Gasteiger partial charge in [-0.25, -0.2) is 0 Å². The van der Waals surface area contributed by atoms with Crippen LogP contribution in [0.15, 0.2) is 36.4 Å². The number of carbonyl (C=O) groups excluding carboxylic acids is 1. The first-order chi connectivity index (χ1) is 14.7. The molecule has 1 saturated heterocycles. The quantitative estimate of drug-likeness (QED) is 0.462. The summed E-state index contributed by atoms with van der Waals surface area (Å²) >= 11 is 0. The van der Waals surface area contributed by atoms with Gasteiger partial charge in [-0.05, 0) is 42.2 Å². The third kappa shape index (κ3) is 8.83. The molecule has 0 radical (unpaired) electrons. The molecule has 6 nitrogen and oxygen atoms in total. The van der Waals surface area contributed by atoms with E-state index in [1.165, 1.54) is 0 Å². The predicted octanol–water partition coefficient (Wildman–Crippen LogP) is 3.95. The zero-order valence-corrected chi connectivity index (χ0v) is 19.0. The third-order valence-corrected chi connectivity index (χ3v) is 5.95. The van der Waals surface area contributed by atoms with E-state index < -0.39 is 12.1 Å². The van der Waals surface area contributed by atoms with E-state index in [0.717, 1.165) is 30.4 Å². The van der Waals surface area contributed by atoms with Gasteiger partial charge in [0.2, 0.25) is 5.91 Å². The highest BCUT2D eigenvalue weighted by molar-refractivity contribution is 5.79. The summed E-state index contributed by atoms with van der Waals surface area (Å²) < 4.78 is 5.16. The molecular weight excluding hydrogens is 394 g/mol. The fraction of sp³-hybridized carbons (Fsp3) is 0.600. The van der Waals surface area contributed by atoms with E-state index in [2.05, 4.69) is 13.8 Å². The number of methoxy groups -OCH3 is 1. The van der Waals surface area contributed by atoms with Crippen LogP contribution >= 0.6 is 0 Å². The van der Waals surface area contributed by atoms with Crippen LogP contribution in [0, 0.1) is 5.41 Å². The van der Waals surface area contributed by atoms with Gasteiger partial charge in [0.25, 0.3) is 0 Å². The van der Waals surface area contributed by atoms with Crippen LogP contribution in [0.4, 0.5) is 0 Å². The molecule has 172 valence electrons. The fourth-order valence-corrected chi connectivity index (χ4v) is 4.09. The molecule has 1 amide bonds. The molecule has 1 fully saturated rings. The van der Waals surface area contributed by atoms with Crippen LogP contribution < -0.4 is 0 Å². The SMILES string of the molecule is COCc1cccc(C[C@H](O)/C=C/[C@H]2CCC(=O)N2CCC(C)(C)CCCC(=O)O)c1. The molecule has 1 aromatic rings. The molecule has 6 heteroatoms. The fourth-order valence-electron chi connectivity index (χ4n) is 4.09. The number of amides is 1. The first-order valence-corrected chi connectivity index (χ1v) is 11.1. The van der Waals surface area contributed by atoms with Crippen molar-refractivity contribution in [2.45, 2.75) is 77.5 Å². The smallest absolute Gasteiger partial charge is 0.303 e. The summed E-state index contributed by atoms with van der Waals surface area (Å²) in [6.45, 7) is 5.46. The maximum atomic E-state index is 12.4. The number of likely N-dealkylation sites (tertiary alicyclic amines) is 1. The van der Waals surface area contributed by atoms with E-state index >= 15 is 0 Å². The summed E-state index contributed by atoms with van der Waals surface area (Å²) in [4.78, 5) is 25.0. The van der Waals surface area contributed by atoms with Crippen LogP contribution in [0.2, 0.25) is 0 Å². The summed E-state index contributed by atoms with van der Waals surface area (Å²) in [5, 5.41) is 19.3. The molecule has 0 saturated carbocycles. The van der Waals surface area contributed by atoms with Crippen molar-refractivity contribution in [1.29, 1.82) is 0 Å². The van der Waals surface area contributed by atoms with Crippen molar-refractivity contribution in [3.63, 3.8) is 0 Å². The normalized spacial score (nSPS) is 18.1. The standard InChI is InChI=1S/C25H37NO5/c1-25(2,13-5-8-24(29)30)14-15-26-21(10-12-23(26)28)9-11-22(27)17-19-6-4-7-20(16-19)18-31-3/h4,6-7,9,11,16,21-22,27H,5,8,10,12-15,17-18H2,1-3H3,(H,29,30)/b11-9+/t21-,22+/m0/s1. The molecular formula is C25H37NO5. The van der Waals surface area contributed by atoms with Crippen molar-refractivity contribution < 1.29 is 24.5 Å². The van der Waals surface area contributed by atoms with Gasteiger partial charge in [-0.3, -0.25) is 9.59 Å². The predicted molar refractivity (Wildman–Crippen MR) is 121 cm³/mol. The molecule has 0 aliphatic carbocycles. The minimum Gasteiger partial charge on any atom is -0.481 e. The minimum absolute atomic E-state index is 0.0109. The molecule has 1 aromatic carbocycles. The summed E-state index contributed by atoms with van der Waals surface area (Å²) in [6, 6.07) is 8.01. The van der Waals surface area contributed by atoms with Crippen LogP contribution in [0.3, 0.4) is 0 Å². The lowest BCUT2D eigenvalue weighted by atomic mass is 9.83. The molecule has 2 N–H and O–H groups in total. The Morgan fingerprint density at radius 2 is 2.06 bits per heavy atom. The van der Waals surface area contributed by atoms with E-state index in [-0.39, 0.29) is 23.8 Å². The van der Waals surface area contributed by atoms with Crippen molar-refractivity contribution in [2.75, 3.05) is 13.7 Å². The molecule has 1 heterocycles. The first kappa shape index (κ1) is 25.1. The Hall–Kier alpha value is -2.18. The van der Waals surface area contributed by atoms with Gasteiger partial charge >= 0.3 is 5.97 Å². The number of carboxylic acids is 1. The molecule has 0 aromatic heterocycles. The topological polar surface area (TPSA) is 87.1 Å².